The van der Waals surface area contributed by atoms with Gasteiger partial charge in [0.05, 0.1) is 6.20 Å². The Morgan fingerprint density at radius 3 is 2.78 bits per heavy atom. The van der Waals surface area contributed by atoms with E-state index in [2.05, 4.69) is 17.6 Å². The Kier molecular flexibility index (Phi) is 1.73. The number of hydrogen-bond donors (Lipinski definition) is 2. The van der Waals surface area contributed by atoms with Gasteiger partial charge in [0.2, 0.25) is 0 Å². The Bertz CT molecular complexity index is 232. The molecule has 0 aliphatic carbocycles. The molecule has 48 valence electrons. The van der Waals surface area contributed by atoms with Crippen LogP contribution in [0.5, 0.6) is 0 Å². The van der Waals surface area contributed by atoms with Crippen molar-refractivity contribution in [2.75, 3.05) is 0 Å². The zero-order valence-corrected chi connectivity index (χ0v) is 5.95. The van der Waals surface area contributed by atoms with E-state index in [0.717, 1.165) is 11.3 Å². The minimum atomic E-state index is -0.951. The van der Waals surface area contributed by atoms with E-state index in [9.17, 15) is 4.79 Å². The molecular weight excluding hydrogens is 158 g/mol. The predicted molar refractivity (Wildman–Crippen MR) is 36.3 cm³/mol. The quantitative estimate of drug-likeness (QED) is 0.607. The number of nitrogens with zero attached hydrogens (tertiary/aromatic N) is 1. The molecular formula is C4H3NO2S2. The SMILES string of the molecule is O=C(O)c1cnc(S)s1. The van der Waals surface area contributed by atoms with Crippen molar-refractivity contribution in [2.24, 2.45) is 0 Å². The van der Waals surface area contributed by atoms with Gasteiger partial charge in [0.1, 0.15) is 9.22 Å². The van der Waals surface area contributed by atoms with Crippen molar-refractivity contribution in [3.63, 3.8) is 0 Å². The standard InChI is InChI=1S/C4H3NO2S2/c6-3(7)2-1-5-4(8)9-2/h1H,(H,5,8)(H,6,7). The molecule has 0 unspecified atom stereocenters. The van der Waals surface area contributed by atoms with Crippen molar-refractivity contribution >= 4 is 29.9 Å². The van der Waals surface area contributed by atoms with Crippen LogP contribution >= 0.6 is 24.0 Å². The number of thiazole rings is 1. The van der Waals surface area contributed by atoms with Crippen molar-refractivity contribution in [2.45, 2.75) is 4.34 Å². The summed E-state index contributed by atoms with van der Waals surface area (Å²) in [5.41, 5.74) is 0. The van der Waals surface area contributed by atoms with Gasteiger partial charge in [-0.1, -0.05) is 0 Å². The zero-order valence-electron chi connectivity index (χ0n) is 4.24. The number of aromatic nitrogens is 1. The molecule has 5 heteroatoms. The predicted octanol–water partition coefficient (Wildman–Crippen LogP) is 1.13. The maximum atomic E-state index is 10.2. The van der Waals surface area contributed by atoms with E-state index in [1.165, 1.54) is 6.20 Å². The molecule has 0 atom stereocenters. The Labute approximate surface area is 60.8 Å². The average Bonchev–Trinajstić information content (AvgIpc) is 2.14. The Morgan fingerprint density at radius 2 is 2.56 bits per heavy atom. The van der Waals surface area contributed by atoms with Crippen LogP contribution in [0.3, 0.4) is 0 Å². The van der Waals surface area contributed by atoms with Crippen LogP contribution in [0.15, 0.2) is 10.5 Å². The molecule has 1 aromatic heterocycles. The first-order valence-corrected chi connectivity index (χ1v) is 3.34. The van der Waals surface area contributed by atoms with Crippen LogP contribution in [-0.2, 0) is 0 Å². The van der Waals surface area contributed by atoms with Crippen LogP contribution in [0.1, 0.15) is 9.67 Å². The largest absolute Gasteiger partial charge is 0.477 e. The van der Waals surface area contributed by atoms with Gasteiger partial charge >= 0.3 is 5.97 Å². The summed E-state index contributed by atoms with van der Waals surface area (Å²) in [5.74, 6) is -0.951. The third-order valence-electron chi connectivity index (χ3n) is 0.704. The van der Waals surface area contributed by atoms with Gasteiger partial charge in [0.25, 0.3) is 0 Å². The highest BCUT2D eigenvalue weighted by Crippen LogP contribution is 2.15. The van der Waals surface area contributed by atoms with Gasteiger partial charge in [-0.3, -0.25) is 0 Å². The van der Waals surface area contributed by atoms with E-state index < -0.39 is 5.97 Å². The lowest BCUT2D eigenvalue weighted by Gasteiger charge is -1.77. The Balaban J connectivity index is 2.98. The van der Waals surface area contributed by atoms with Crippen LogP contribution in [-0.4, -0.2) is 16.1 Å². The van der Waals surface area contributed by atoms with Crippen molar-refractivity contribution < 1.29 is 9.90 Å². The lowest BCUT2D eigenvalue weighted by molar-refractivity contribution is 0.0702. The zero-order chi connectivity index (χ0) is 6.85. The van der Waals surface area contributed by atoms with Gasteiger partial charge in [-0.25, -0.2) is 9.78 Å². The van der Waals surface area contributed by atoms with Gasteiger partial charge in [-0.05, 0) is 0 Å². The van der Waals surface area contributed by atoms with Crippen LogP contribution < -0.4 is 0 Å². The summed E-state index contributed by atoms with van der Waals surface area (Å²) < 4.78 is 0.479. The van der Waals surface area contributed by atoms with Crippen LogP contribution in [0.2, 0.25) is 0 Å². The van der Waals surface area contributed by atoms with E-state index >= 15 is 0 Å². The Hall–Kier alpha value is -0.550. The first-order chi connectivity index (χ1) is 4.20. The molecule has 0 saturated carbocycles. The third-order valence-corrected chi connectivity index (χ3v) is 1.88. The van der Waals surface area contributed by atoms with E-state index in [1.807, 2.05) is 0 Å². The molecule has 0 radical (unpaired) electrons. The molecule has 0 saturated heterocycles. The van der Waals surface area contributed by atoms with E-state index in [0.29, 0.717) is 4.34 Å². The molecule has 1 N–H and O–H groups in total. The molecule has 0 aromatic carbocycles. The van der Waals surface area contributed by atoms with Gasteiger partial charge in [-0.2, -0.15) is 0 Å². The molecule has 0 spiro atoms. The fourth-order valence-electron chi connectivity index (χ4n) is 0.364. The highest BCUT2D eigenvalue weighted by Gasteiger charge is 2.04. The summed E-state index contributed by atoms with van der Waals surface area (Å²) in [4.78, 5) is 14.0. The number of carbonyl (C=O) groups is 1. The lowest BCUT2D eigenvalue weighted by Crippen LogP contribution is -1.89. The first-order valence-electron chi connectivity index (χ1n) is 2.08. The maximum Gasteiger partial charge on any atom is 0.347 e. The summed E-state index contributed by atoms with van der Waals surface area (Å²) in [6, 6.07) is 0. The third kappa shape index (κ3) is 1.43. The number of rotatable bonds is 1. The van der Waals surface area contributed by atoms with Crippen molar-refractivity contribution in [3.8, 4) is 0 Å². The van der Waals surface area contributed by atoms with Gasteiger partial charge in [-0.15, -0.1) is 24.0 Å². The second-order valence-electron chi connectivity index (χ2n) is 1.31. The van der Waals surface area contributed by atoms with Crippen molar-refractivity contribution in [3.05, 3.63) is 11.1 Å². The fraction of sp³-hybridized carbons (Fsp3) is 0. The van der Waals surface area contributed by atoms with E-state index in [-0.39, 0.29) is 4.88 Å². The summed E-state index contributed by atoms with van der Waals surface area (Å²) in [7, 11) is 0. The molecule has 1 rings (SSSR count). The van der Waals surface area contributed by atoms with Crippen molar-refractivity contribution in [1.29, 1.82) is 0 Å². The number of hydrogen-bond acceptors (Lipinski definition) is 4. The molecule has 9 heavy (non-hydrogen) atoms. The molecule has 0 amide bonds. The normalized spacial score (nSPS) is 9.44. The molecule has 0 aliphatic rings. The summed E-state index contributed by atoms with van der Waals surface area (Å²) in [6.07, 6.45) is 1.29. The minimum Gasteiger partial charge on any atom is -0.477 e. The fourth-order valence-corrected chi connectivity index (χ4v) is 1.21. The number of aromatic carboxylic acids is 1. The van der Waals surface area contributed by atoms with Gasteiger partial charge < -0.3 is 5.11 Å². The average molecular weight is 161 g/mol. The van der Waals surface area contributed by atoms with Crippen LogP contribution in [0, 0.1) is 0 Å². The van der Waals surface area contributed by atoms with Gasteiger partial charge in [0, 0.05) is 0 Å². The molecule has 1 heterocycles. The summed E-state index contributed by atoms with van der Waals surface area (Å²) >= 11 is 4.89. The van der Waals surface area contributed by atoms with Crippen LogP contribution in [0.25, 0.3) is 0 Å². The van der Waals surface area contributed by atoms with Crippen LogP contribution in [0.4, 0.5) is 0 Å². The highest BCUT2D eigenvalue weighted by atomic mass is 32.2. The lowest BCUT2D eigenvalue weighted by atomic mass is 10.6. The number of carboxylic acids is 1. The molecule has 0 aliphatic heterocycles. The topological polar surface area (TPSA) is 50.2 Å². The smallest absolute Gasteiger partial charge is 0.347 e. The van der Waals surface area contributed by atoms with E-state index in [4.69, 9.17) is 5.11 Å². The second-order valence-corrected chi connectivity index (χ2v) is 3.07. The first kappa shape index (κ1) is 6.57. The Morgan fingerprint density at radius 1 is 1.89 bits per heavy atom. The maximum absolute atomic E-state index is 10.2. The second kappa shape index (κ2) is 2.36. The van der Waals surface area contributed by atoms with Gasteiger partial charge in [0.15, 0.2) is 0 Å². The molecule has 0 bridgehead atoms. The highest BCUT2D eigenvalue weighted by molar-refractivity contribution is 7.82. The van der Waals surface area contributed by atoms with Crippen molar-refractivity contribution in [1.82, 2.24) is 4.98 Å². The monoisotopic (exact) mass is 161 g/mol. The molecule has 3 nitrogen and oxygen atoms in total. The summed E-state index contributed by atoms with van der Waals surface area (Å²) in [5, 5.41) is 8.33. The molecule has 1 aromatic rings. The number of thiol groups is 1. The minimum absolute atomic E-state index is 0.222. The van der Waals surface area contributed by atoms with E-state index in [1.54, 1.807) is 0 Å². The molecule has 0 fully saturated rings. The number of carboxylic acid groups (broad SMARTS) is 1. The summed E-state index contributed by atoms with van der Waals surface area (Å²) in [6.45, 7) is 0.